The molecule has 0 N–H and O–H groups in total. The molecule has 39 heavy (non-hydrogen) atoms. The molecule has 2 aliphatic rings. The Hall–Kier alpha value is -4.56. The summed E-state index contributed by atoms with van der Waals surface area (Å²) in [7, 11) is 0. The van der Waals surface area contributed by atoms with E-state index in [1.54, 1.807) is 0 Å². The Balaban J connectivity index is 1.51. The van der Waals surface area contributed by atoms with E-state index in [1.165, 1.54) is 50.7 Å². The monoisotopic (exact) mass is 506 g/mol. The molecule has 4 aromatic rings. The van der Waals surface area contributed by atoms with Crippen molar-refractivity contribution in [2.75, 3.05) is 9.80 Å². The molecule has 2 atom stereocenters. The fraction of sp³-hybridized carbons (Fsp3) is 0.135. The van der Waals surface area contributed by atoms with Crippen molar-refractivity contribution in [1.82, 2.24) is 0 Å². The molecule has 0 aromatic heterocycles. The number of para-hydroxylation sites is 1. The normalized spacial score (nSPS) is 17.7. The van der Waals surface area contributed by atoms with Crippen molar-refractivity contribution in [3.8, 4) is 0 Å². The van der Waals surface area contributed by atoms with Crippen molar-refractivity contribution in [2.45, 2.75) is 26.8 Å². The van der Waals surface area contributed by atoms with Gasteiger partial charge in [-0.2, -0.15) is 0 Å². The van der Waals surface area contributed by atoms with Crippen LogP contribution in [0.25, 0.3) is 0 Å². The maximum absolute atomic E-state index is 2.48. The van der Waals surface area contributed by atoms with Crippen LogP contribution in [0.3, 0.4) is 0 Å². The SMILES string of the molecule is Cc1cccc(N(C2=C3C=CC=CC3C(N(c3ccccc3)c3cccc(C)c3)C=C2)c2cccc(C)c2)c1. The van der Waals surface area contributed by atoms with Crippen LogP contribution in [0.5, 0.6) is 0 Å². The summed E-state index contributed by atoms with van der Waals surface area (Å²) in [6.45, 7) is 6.49. The molecule has 2 heteroatoms. The molecule has 2 aliphatic carbocycles. The molecule has 0 aliphatic heterocycles. The maximum atomic E-state index is 2.48. The van der Waals surface area contributed by atoms with E-state index in [0.29, 0.717) is 0 Å². The molecule has 0 bridgehead atoms. The van der Waals surface area contributed by atoms with Gasteiger partial charge in [0.25, 0.3) is 0 Å². The Kier molecular flexibility index (Phi) is 6.77. The first-order chi connectivity index (χ1) is 19.1. The van der Waals surface area contributed by atoms with Crippen molar-refractivity contribution in [3.63, 3.8) is 0 Å². The smallest absolute Gasteiger partial charge is 0.0630 e. The van der Waals surface area contributed by atoms with Gasteiger partial charge in [-0.3, -0.25) is 0 Å². The maximum Gasteiger partial charge on any atom is 0.0630 e. The lowest BCUT2D eigenvalue weighted by molar-refractivity contribution is 0.631. The molecule has 0 radical (unpaired) electrons. The summed E-state index contributed by atoms with van der Waals surface area (Å²) in [4.78, 5) is 4.90. The molecule has 0 heterocycles. The Bertz CT molecular complexity index is 1560. The van der Waals surface area contributed by atoms with Crippen LogP contribution in [0.2, 0.25) is 0 Å². The van der Waals surface area contributed by atoms with Gasteiger partial charge >= 0.3 is 0 Å². The van der Waals surface area contributed by atoms with Gasteiger partial charge in [0.2, 0.25) is 0 Å². The van der Waals surface area contributed by atoms with Crippen molar-refractivity contribution in [2.24, 2.45) is 5.92 Å². The Morgan fingerprint density at radius 2 is 1.08 bits per heavy atom. The van der Waals surface area contributed by atoms with Gasteiger partial charge in [0.15, 0.2) is 0 Å². The number of anilines is 4. The highest BCUT2D eigenvalue weighted by atomic mass is 15.2. The largest absolute Gasteiger partial charge is 0.334 e. The Labute approximate surface area is 232 Å². The summed E-state index contributed by atoms with van der Waals surface area (Å²) in [5, 5.41) is 0. The van der Waals surface area contributed by atoms with Gasteiger partial charge in [0, 0.05) is 34.4 Å². The lowest BCUT2D eigenvalue weighted by atomic mass is 9.81. The second kappa shape index (κ2) is 10.7. The highest BCUT2D eigenvalue weighted by Crippen LogP contribution is 2.43. The predicted octanol–water partition coefficient (Wildman–Crippen LogP) is 9.52. The summed E-state index contributed by atoms with van der Waals surface area (Å²) < 4.78 is 0. The van der Waals surface area contributed by atoms with Gasteiger partial charge in [0.1, 0.15) is 0 Å². The third-order valence-electron chi connectivity index (χ3n) is 7.55. The molecule has 4 aromatic carbocycles. The summed E-state index contributed by atoms with van der Waals surface area (Å²) >= 11 is 0. The Morgan fingerprint density at radius 1 is 0.513 bits per heavy atom. The molecule has 6 rings (SSSR count). The van der Waals surface area contributed by atoms with E-state index in [-0.39, 0.29) is 12.0 Å². The number of aryl methyl sites for hydroxylation is 3. The van der Waals surface area contributed by atoms with Gasteiger partial charge < -0.3 is 9.80 Å². The molecule has 0 saturated carbocycles. The molecule has 192 valence electrons. The average Bonchev–Trinajstić information content (AvgIpc) is 2.95. The zero-order chi connectivity index (χ0) is 26.8. The van der Waals surface area contributed by atoms with Gasteiger partial charge in [-0.25, -0.2) is 0 Å². The fourth-order valence-electron chi connectivity index (χ4n) is 5.79. The average molecular weight is 507 g/mol. The van der Waals surface area contributed by atoms with E-state index < -0.39 is 0 Å². The van der Waals surface area contributed by atoms with Crippen LogP contribution in [0.4, 0.5) is 22.7 Å². The van der Waals surface area contributed by atoms with Crippen LogP contribution >= 0.6 is 0 Å². The molecule has 2 unspecified atom stereocenters. The minimum Gasteiger partial charge on any atom is -0.334 e. The van der Waals surface area contributed by atoms with E-state index in [9.17, 15) is 0 Å². The summed E-state index contributed by atoms with van der Waals surface area (Å²) in [6.07, 6.45) is 13.7. The number of nitrogens with zero attached hydrogens (tertiary/aromatic N) is 2. The molecule has 0 amide bonds. The van der Waals surface area contributed by atoms with E-state index in [2.05, 4.69) is 170 Å². The van der Waals surface area contributed by atoms with Crippen molar-refractivity contribution in [3.05, 3.63) is 168 Å². The van der Waals surface area contributed by atoms with Crippen LogP contribution in [0.15, 0.2) is 151 Å². The zero-order valence-electron chi connectivity index (χ0n) is 22.8. The number of fused-ring (bicyclic) bond motifs is 1. The van der Waals surface area contributed by atoms with Crippen molar-refractivity contribution in [1.29, 1.82) is 0 Å². The number of allylic oxidation sites excluding steroid dienone is 4. The summed E-state index contributed by atoms with van der Waals surface area (Å²) in [5.74, 6) is 0.188. The second-order valence-electron chi connectivity index (χ2n) is 10.5. The van der Waals surface area contributed by atoms with Gasteiger partial charge in [-0.15, -0.1) is 0 Å². The van der Waals surface area contributed by atoms with E-state index in [1.807, 2.05) is 0 Å². The Morgan fingerprint density at radius 3 is 1.69 bits per heavy atom. The highest BCUT2D eigenvalue weighted by Gasteiger charge is 2.34. The van der Waals surface area contributed by atoms with Gasteiger partial charge in [-0.05, 0) is 97.6 Å². The molecular formula is C37H34N2. The number of rotatable bonds is 6. The minimum absolute atomic E-state index is 0.131. The minimum atomic E-state index is 0.131. The molecule has 2 nitrogen and oxygen atoms in total. The van der Waals surface area contributed by atoms with Crippen LogP contribution in [0.1, 0.15) is 16.7 Å². The first-order valence-electron chi connectivity index (χ1n) is 13.7. The lowest BCUT2D eigenvalue weighted by Crippen LogP contribution is -2.39. The molecule has 0 saturated heterocycles. The van der Waals surface area contributed by atoms with Crippen LogP contribution in [0, 0.1) is 26.7 Å². The first kappa shape index (κ1) is 24.8. The summed E-state index contributed by atoms with van der Waals surface area (Å²) in [6, 6.07) is 37.3. The fourth-order valence-corrected chi connectivity index (χ4v) is 5.79. The van der Waals surface area contributed by atoms with Crippen molar-refractivity contribution >= 4 is 22.7 Å². The molecule has 0 fully saturated rings. The lowest BCUT2D eigenvalue weighted by Gasteiger charge is -2.41. The summed E-state index contributed by atoms with van der Waals surface area (Å²) in [5.41, 5.74) is 11.0. The van der Waals surface area contributed by atoms with Gasteiger partial charge in [0.05, 0.1) is 6.04 Å². The number of hydrogen-bond acceptors (Lipinski definition) is 2. The van der Waals surface area contributed by atoms with Crippen LogP contribution < -0.4 is 9.80 Å². The third-order valence-corrected chi connectivity index (χ3v) is 7.55. The molecule has 0 spiro atoms. The predicted molar refractivity (Wildman–Crippen MR) is 166 cm³/mol. The topological polar surface area (TPSA) is 6.48 Å². The zero-order valence-corrected chi connectivity index (χ0v) is 22.8. The van der Waals surface area contributed by atoms with Gasteiger partial charge in [-0.1, -0.05) is 85.0 Å². The quantitative estimate of drug-likeness (QED) is 0.257. The number of benzene rings is 4. The second-order valence-corrected chi connectivity index (χ2v) is 10.5. The van der Waals surface area contributed by atoms with Crippen molar-refractivity contribution < 1.29 is 0 Å². The standard InChI is InChI=1S/C37H34N2/c1-27-12-9-17-31(24-27)38(30-15-5-4-6-16-30)36-22-23-37(35-21-8-7-20-34(35)36)39(32-18-10-13-28(2)25-32)33-19-11-14-29(3)26-33/h4-26,34,36H,1-3H3. The van der Waals surface area contributed by atoms with E-state index >= 15 is 0 Å². The van der Waals surface area contributed by atoms with E-state index in [0.717, 1.165) is 0 Å². The number of hydrogen-bond donors (Lipinski definition) is 0. The molecular weight excluding hydrogens is 472 g/mol. The first-order valence-corrected chi connectivity index (χ1v) is 13.7. The van der Waals surface area contributed by atoms with E-state index in [4.69, 9.17) is 0 Å². The highest BCUT2D eigenvalue weighted by molar-refractivity contribution is 5.75. The van der Waals surface area contributed by atoms with Crippen LogP contribution in [-0.4, -0.2) is 6.04 Å². The van der Waals surface area contributed by atoms with Crippen LogP contribution in [-0.2, 0) is 0 Å². The third kappa shape index (κ3) is 4.98.